The summed E-state index contributed by atoms with van der Waals surface area (Å²) in [6.07, 6.45) is 0.0155. The summed E-state index contributed by atoms with van der Waals surface area (Å²) in [6, 6.07) is 15.0. The smallest absolute Gasteiger partial charge is 0.356 e. The number of nitriles is 1. The maximum absolute atomic E-state index is 14.1. The number of aromatic nitrogens is 1. The fourth-order valence-corrected chi connectivity index (χ4v) is 3.34. The number of anilines is 1. The lowest BCUT2D eigenvalue weighted by atomic mass is 10.2. The Kier molecular flexibility index (Phi) is 6.06. The first-order valence-corrected chi connectivity index (χ1v) is 9.17. The largest absolute Gasteiger partial charge is 0.451 e. The van der Waals surface area contributed by atoms with E-state index < -0.39 is 24.3 Å². The Balaban J connectivity index is 1.74. The van der Waals surface area contributed by atoms with Crippen molar-refractivity contribution in [2.45, 2.75) is 6.42 Å². The van der Waals surface area contributed by atoms with Crippen LogP contribution in [0.2, 0.25) is 0 Å². The number of carbonyl (C=O) groups excluding carboxylic acids is 2. The SMILES string of the molecule is N#CCCN(C(=O)COC(=O)c1[nH]c2ccccc2c1Br)c1ccccc1F. The summed E-state index contributed by atoms with van der Waals surface area (Å²) in [4.78, 5) is 29.0. The number of ether oxygens (including phenoxy) is 1. The molecule has 0 aliphatic heterocycles. The van der Waals surface area contributed by atoms with Crippen LogP contribution in [0.25, 0.3) is 10.9 Å². The number of esters is 1. The maximum Gasteiger partial charge on any atom is 0.356 e. The van der Waals surface area contributed by atoms with Crippen molar-refractivity contribution in [3.05, 3.63) is 64.5 Å². The summed E-state index contributed by atoms with van der Waals surface area (Å²) < 4.78 is 19.7. The number of fused-ring (bicyclic) bond motifs is 1. The van der Waals surface area contributed by atoms with Crippen molar-refractivity contribution in [1.29, 1.82) is 5.26 Å². The van der Waals surface area contributed by atoms with Gasteiger partial charge in [-0.05, 0) is 34.1 Å². The number of nitrogens with zero attached hydrogens (tertiary/aromatic N) is 2. The van der Waals surface area contributed by atoms with E-state index in [9.17, 15) is 14.0 Å². The Morgan fingerprint density at radius 2 is 1.89 bits per heavy atom. The molecule has 0 bridgehead atoms. The predicted molar refractivity (Wildman–Crippen MR) is 105 cm³/mol. The zero-order chi connectivity index (χ0) is 20.1. The maximum atomic E-state index is 14.1. The molecule has 3 aromatic rings. The van der Waals surface area contributed by atoms with Crippen LogP contribution in [0.3, 0.4) is 0 Å². The third-order valence-electron chi connectivity index (χ3n) is 4.07. The molecule has 0 atom stereocenters. The number of carbonyl (C=O) groups is 2. The van der Waals surface area contributed by atoms with Gasteiger partial charge in [-0.15, -0.1) is 0 Å². The average Bonchev–Trinajstić information content (AvgIpc) is 3.04. The van der Waals surface area contributed by atoms with Gasteiger partial charge in [-0.3, -0.25) is 4.79 Å². The minimum Gasteiger partial charge on any atom is -0.451 e. The highest BCUT2D eigenvalue weighted by Gasteiger charge is 2.22. The Morgan fingerprint density at radius 3 is 2.61 bits per heavy atom. The normalized spacial score (nSPS) is 10.5. The predicted octanol–water partition coefficient (Wildman–Crippen LogP) is 4.17. The first-order chi connectivity index (χ1) is 13.5. The number of halogens is 2. The number of hydrogen-bond acceptors (Lipinski definition) is 4. The molecule has 1 aromatic heterocycles. The number of benzene rings is 2. The van der Waals surface area contributed by atoms with E-state index in [0.29, 0.717) is 4.47 Å². The second-order valence-electron chi connectivity index (χ2n) is 5.84. The lowest BCUT2D eigenvalue weighted by Crippen LogP contribution is -2.36. The highest BCUT2D eigenvalue weighted by molar-refractivity contribution is 9.10. The van der Waals surface area contributed by atoms with Gasteiger partial charge in [0.25, 0.3) is 5.91 Å². The first-order valence-electron chi connectivity index (χ1n) is 8.38. The van der Waals surface area contributed by atoms with Gasteiger partial charge in [-0.1, -0.05) is 30.3 Å². The molecule has 1 heterocycles. The summed E-state index contributed by atoms with van der Waals surface area (Å²) in [5, 5.41) is 9.61. The third kappa shape index (κ3) is 4.05. The van der Waals surface area contributed by atoms with Crippen molar-refractivity contribution in [2.75, 3.05) is 18.1 Å². The quantitative estimate of drug-likeness (QED) is 0.579. The van der Waals surface area contributed by atoms with Crippen molar-refractivity contribution < 1.29 is 18.7 Å². The molecule has 0 unspecified atom stereocenters. The minimum absolute atomic E-state index is 0.0100. The molecule has 0 spiro atoms. The summed E-state index contributed by atoms with van der Waals surface area (Å²) in [7, 11) is 0. The van der Waals surface area contributed by atoms with Gasteiger partial charge in [0.15, 0.2) is 6.61 Å². The van der Waals surface area contributed by atoms with Crippen LogP contribution >= 0.6 is 15.9 Å². The van der Waals surface area contributed by atoms with Gasteiger partial charge in [0.05, 0.1) is 22.7 Å². The van der Waals surface area contributed by atoms with E-state index in [1.165, 1.54) is 18.2 Å². The average molecular weight is 444 g/mol. The van der Waals surface area contributed by atoms with E-state index in [2.05, 4.69) is 20.9 Å². The van der Waals surface area contributed by atoms with Gasteiger partial charge in [0, 0.05) is 17.4 Å². The van der Waals surface area contributed by atoms with Crippen molar-refractivity contribution in [3.63, 3.8) is 0 Å². The summed E-state index contributed by atoms with van der Waals surface area (Å²) in [6.45, 7) is -0.593. The molecule has 1 amide bonds. The molecule has 1 N–H and O–H groups in total. The van der Waals surface area contributed by atoms with E-state index in [1.54, 1.807) is 6.07 Å². The molecule has 2 aromatic carbocycles. The van der Waals surface area contributed by atoms with Crippen molar-refractivity contribution >= 4 is 44.4 Å². The van der Waals surface area contributed by atoms with Crippen molar-refractivity contribution in [3.8, 4) is 6.07 Å². The van der Waals surface area contributed by atoms with Gasteiger partial charge in [0.1, 0.15) is 11.5 Å². The van der Waals surface area contributed by atoms with Crippen LogP contribution in [0.15, 0.2) is 53.0 Å². The highest BCUT2D eigenvalue weighted by atomic mass is 79.9. The minimum atomic E-state index is -0.717. The number of para-hydroxylation sites is 2. The monoisotopic (exact) mass is 443 g/mol. The molecule has 8 heteroatoms. The fraction of sp³-hybridized carbons (Fsp3) is 0.150. The molecule has 0 aliphatic rings. The van der Waals surface area contributed by atoms with Crippen molar-refractivity contribution in [2.24, 2.45) is 0 Å². The highest BCUT2D eigenvalue weighted by Crippen LogP contribution is 2.28. The van der Waals surface area contributed by atoms with Crippen LogP contribution in [0.1, 0.15) is 16.9 Å². The van der Waals surface area contributed by atoms with Gasteiger partial charge in [0.2, 0.25) is 0 Å². The molecule has 0 saturated carbocycles. The fourth-order valence-electron chi connectivity index (χ4n) is 2.74. The number of H-pyrrole nitrogens is 1. The van der Waals surface area contributed by atoms with Crippen LogP contribution in [0, 0.1) is 17.1 Å². The number of rotatable bonds is 6. The number of nitrogens with one attached hydrogen (secondary N) is 1. The van der Waals surface area contributed by atoms with Crippen LogP contribution in [-0.2, 0) is 9.53 Å². The van der Waals surface area contributed by atoms with E-state index in [0.717, 1.165) is 15.8 Å². The molecular formula is C20H15BrFN3O3. The second-order valence-corrected chi connectivity index (χ2v) is 6.63. The summed E-state index contributed by atoms with van der Waals surface area (Å²) in [5.74, 6) is -1.94. The standard InChI is InChI=1S/C20H15BrFN3O3/c21-18-13-6-1-3-8-15(13)24-19(18)20(27)28-12-17(26)25(11-5-10-23)16-9-4-2-7-14(16)22/h1-4,6-9,24H,5,11-12H2. The molecular weight excluding hydrogens is 429 g/mol. The van der Waals surface area contributed by atoms with Crippen LogP contribution < -0.4 is 4.90 Å². The Labute approximate surface area is 168 Å². The molecule has 0 fully saturated rings. The Morgan fingerprint density at radius 1 is 1.18 bits per heavy atom. The van der Waals surface area contributed by atoms with Crippen LogP contribution in [-0.4, -0.2) is 30.0 Å². The van der Waals surface area contributed by atoms with E-state index in [4.69, 9.17) is 10.00 Å². The van der Waals surface area contributed by atoms with Gasteiger partial charge in [-0.2, -0.15) is 5.26 Å². The number of aromatic amines is 1. The Bertz CT molecular complexity index is 1070. The van der Waals surface area contributed by atoms with Gasteiger partial charge in [-0.25, -0.2) is 9.18 Å². The molecule has 28 heavy (non-hydrogen) atoms. The van der Waals surface area contributed by atoms with E-state index in [-0.39, 0.29) is 24.3 Å². The Hall–Kier alpha value is -3.18. The van der Waals surface area contributed by atoms with Crippen molar-refractivity contribution in [1.82, 2.24) is 4.98 Å². The van der Waals surface area contributed by atoms with E-state index >= 15 is 0 Å². The first kappa shape index (κ1) is 19.6. The van der Waals surface area contributed by atoms with Gasteiger partial charge < -0.3 is 14.6 Å². The topological polar surface area (TPSA) is 86.2 Å². The molecule has 142 valence electrons. The number of hydrogen-bond donors (Lipinski definition) is 1. The van der Waals surface area contributed by atoms with Crippen LogP contribution in [0.4, 0.5) is 10.1 Å². The zero-order valence-corrected chi connectivity index (χ0v) is 16.2. The van der Waals surface area contributed by atoms with Gasteiger partial charge >= 0.3 is 5.97 Å². The lowest BCUT2D eigenvalue weighted by Gasteiger charge is -2.22. The molecule has 0 aliphatic carbocycles. The second kappa shape index (κ2) is 8.67. The number of amides is 1. The summed E-state index contributed by atoms with van der Waals surface area (Å²) >= 11 is 3.36. The van der Waals surface area contributed by atoms with Crippen LogP contribution in [0.5, 0.6) is 0 Å². The summed E-state index contributed by atoms with van der Waals surface area (Å²) in [5.41, 5.74) is 0.962. The molecule has 3 rings (SSSR count). The zero-order valence-electron chi connectivity index (χ0n) is 14.6. The molecule has 0 radical (unpaired) electrons. The molecule has 6 nitrogen and oxygen atoms in total. The van der Waals surface area contributed by atoms with E-state index in [1.807, 2.05) is 30.3 Å². The lowest BCUT2D eigenvalue weighted by molar-refractivity contribution is -0.121. The molecule has 0 saturated heterocycles. The third-order valence-corrected chi connectivity index (χ3v) is 4.89.